The van der Waals surface area contributed by atoms with Gasteiger partial charge in [0, 0.05) is 12.8 Å². The summed E-state index contributed by atoms with van der Waals surface area (Å²) in [6.45, 7) is 2.03. The summed E-state index contributed by atoms with van der Waals surface area (Å²) in [5, 5.41) is 0. The minimum absolute atomic E-state index is 0.221. The highest BCUT2D eigenvalue weighted by Gasteiger charge is 2.20. The maximum atomic E-state index is 11.6. The van der Waals surface area contributed by atoms with E-state index in [9.17, 15) is 4.79 Å². The van der Waals surface area contributed by atoms with Gasteiger partial charge in [-0.1, -0.05) is 13.3 Å². The number of hydrogen-bond donors (Lipinski definition) is 0. The van der Waals surface area contributed by atoms with Gasteiger partial charge in [0.2, 0.25) is 5.76 Å². The molecular weight excluding hydrogens is 246 g/mol. The van der Waals surface area contributed by atoms with Crippen molar-refractivity contribution in [3.63, 3.8) is 0 Å². The summed E-state index contributed by atoms with van der Waals surface area (Å²) in [4.78, 5) is 15.9. The topological polar surface area (TPSA) is 65.5 Å². The highest BCUT2D eigenvalue weighted by atomic mass is 16.5. The van der Waals surface area contributed by atoms with E-state index in [1.54, 1.807) is 6.26 Å². The van der Waals surface area contributed by atoms with Gasteiger partial charge in [-0.15, -0.1) is 0 Å². The Kier molecular flexibility index (Phi) is 4.39. The van der Waals surface area contributed by atoms with Crippen LogP contribution in [0, 0.1) is 0 Å². The predicted molar refractivity (Wildman–Crippen MR) is 68.0 cm³/mol. The van der Waals surface area contributed by atoms with Crippen LogP contribution in [0.15, 0.2) is 27.2 Å². The van der Waals surface area contributed by atoms with E-state index in [2.05, 4.69) is 4.98 Å². The molecule has 0 amide bonds. The predicted octanol–water partition coefficient (Wildman–Crippen LogP) is 2.79. The Morgan fingerprint density at radius 3 is 2.84 bits per heavy atom. The molecule has 0 unspecified atom stereocenters. The number of nitrogens with zero attached hydrogens (tertiary/aromatic N) is 1. The first kappa shape index (κ1) is 13.4. The van der Waals surface area contributed by atoms with E-state index in [1.807, 2.05) is 19.1 Å². The van der Waals surface area contributed by atoms with Gasteiger partial charge in [-0.2, -0.15) is 0 Å². The lowest BCUT2D eigenvalue weighted by Gasteiger charge is -1.96. The van der Waals surface area contributed by atoms with E-state index >= 15 is 0 Å². The summed E-state index contributed by atoms with van der Waals surface area (Å²) in [6, 6.07) is 3.74. The van der Waals surface area contributed by atoms with Gasteiger partial charge in [-0.25, -0.2) is 9.78 Å². The van der Waals surface area contributed by atoms with E-state index in [4.69, 9.17) is 13.6 Å². The SMILES string of the molecule is CCCc1nc(CCc2ccco2)oc1C(=O)OC. The number of carbonyl (C=O) groups excluding carboxylic acids is 1. The number of furan rings is 1. The third-order valence-electron chi connectivity index (χ3n) is 2.76. The Balaban J connectivity index is 2.10. The summed E-state index contributed by atoms with van der Waals surface area (Å²) in [6.07, 6.45) is 4.52. The average Bonchev–Trinajstić information content (AvgIpc) is 3.05. The van der Waals surface area contributed by atoms with Crippen molar-refractivity contribution < 1.29 is 18.4 Å². The number of oxazole rings is 1. The molecule has 0 radical (unpaired) electrons. The maximum absolute atomic E-state index is 11.6. The van der Waals surface area contributed by atoms with Gasteiger partial charge in [0.15, 0.2) is 5.89 Å². The fourth-order valence-corrected chi connectivity index (χ4v) is 1.85. The van der Waals surface area contributed by atoms with Crippen LogP contribution >= 0.6 is 0 Å². The molecule has 2 aromatic rings. The zero-order valence-electron chi connectivity index (χ0n) is 11.1. The lowest BCUT2D eigenvalue weighted by Crippen LogP contribution is -2.03. The third-order valence-corrected chi connectivity index (χ3v) is 2.76. The molecule has 0 fully saturated rings. The van der Waals surface area contributed by atoms with Gasteiger partial charge >= 0.3 is 5.97 Å². The van der Waals surface area contributed by atoms with Crippen LogP contribution in [0.2, 0.25) is 0 Å². The fraction of sp³-hybridized carbons (Fsp3) is 0.429. The van der Waals surface area contributed by atoms with Crippen molar-refractivity contribution in [1.82, 2.24) is 4.98 Å². The smallest absolute Gasteiger partial charge is 0.375 e. The van der Waals surface area contributed by atoms with E-state index in [1.165, 1.54) is 7.11 Å². The Morgan fingerprint density at radius 1 is 1.37 bits per heavy atom. The van der Waals surface area contributed by atoms with Gasteiger partial charge in [0.1, 0.15) is 5.76 Å². The fourth-order valence-electron chi connectivity index (χ4n) is 1.85. The van der Waals surface area contributed by atoms with Crippen LogP contribution in [0.5, 0.6) is 0 Å². The van der Waals surface area contributed by atoms with Crippen LogP contribution in [-0.2, 0) is 24.0 Å². The van der Waals surface area contributed by atoms with Crippen molar-refractivity contribution in [2.24, 2.45) is 0 Å². The summed E-state index contributed by atoms with van der Waals surface area (Å²) >= 11 is 0. The quantitative estimate of drug-likeness (QED) is 0.750. The molecule has 5 heteroatoms. The van der Waals surface area contributed by atoms with Crippen LogP contribution in [0.4, 0.5) is 0 Å². The normalized spacial score (nSPS) is 10.6. The molecule has 0 spiro atoms. The first-order valence-electron chi connectivity index (χ1n) is 6.33. The second-order valence-corrected chi connectivity index (χ2v) is 4.20. The minimum atomic E-state index is -0.472. The molecule has 0 aromatic carbocycles. The monoisotopic (exact) mass is 263 g/mol. The highest BCUT2D eigenvalue weighted by Crippen LogP contribution is 2.16. The van der Waals surface area contributed by atoms with Gasteiger partial charge < -0.3 is 13.6 Å². The molecular formula is C14H17NO4. The van der Waals surface area contributed by atoms with Crippen LogP contribution in [0.25, 0.3) is 0 Å². The highest BCUT2D eigenvalue weighted by molar-refractivity contribution is 5.87. The van der Waals surface area contributed by atoms with Crippen molar-refractivity contribution in [2.75, 3.05) is 7.11 Å². The van der Waals surface area contributed by atoms with Crippen molar-refractivity contribution in [3.05, 3.63) is 41.5 Å². The van der Waals surface area contributed by atoms with Crippen LogP contribution in [-0.4, -0.2) is 18.1 Å². The number of rotatable bonds is 6. The summed E-state index contributed by atoms with van der Waals surface area (Å²) in [5.41, 5.74) is 0.670. The number of esters is 1. The molecule has 0 aliphatic heterocycles. The Bertz CT molecular complexity index is 528. The molecule has 102 valence electrons. The first-order chi connectivity index (χ1) is 9.24. The summed E-state index contributed by atoms with van der Waals surface area (Å²) in [5.74, 6) is 1.16. The Hall–Kier alpha value is -2.04. The molecule has 2 heterocycles. The number of carbonyl (C=O) groups is 1. The van der Waals surface area contributed by atoms with Crippen molar-refractivity contribution in [3.8, 4) is 0 Å². The number of ether oxygens (including phenoxy) is 1. The maximum Gasteiger partial charge on any atom is 0.375 e. The molecule has 0 bridgehead atoms. The number of methoxy groups -OCH3 is 1. The Morgan fingerprint density at radius 2 is 2.21 bits per heavy atom. The van der Waals surface area contributed by atoms with E-state index in [0.717, 1.165) is 12.2 Å². The molecule has 0 saturated carbocycles. The van der Waals surface area contributed by atoms with Crippen LogP contribution < -0.4 is 0 Å². The van der Waals surface area contributed by atoms with Crippen molar-refractivity contribution >= 4 is 5.97 Å². The van der Waals surface area contributed by atoms with Crippen molar-refractivity contribution in [1.29, 1.82) is 0 Å². The zero-order valence-corrected chi connectivity index (χ0v) is 11.1. The molecule has 0 aliphatic rings. The van der Waals surface area contributed by atoms with Crippen molar-refractivity contribution in [2.45, 2.75) is 32.6 Å². The second kappa shape index (κ2) is 6.22. The first-order valence-corrected chi connectivity index (χ1v) is 6.33. The average molecular weight is 263 g/mol. The zero-order chi connectivity index (χ0) is 13.7. The van der Waals surface area contributed by atoms with Crippen LogP contribution in [0.3, 0.4) is 0 Å². The standard InChI is InChI=1S/C14H17NO4/c1-3-5-11-13(14(16)17-2)19-12(15-11)8-7-10-6-4-9-18-10/h4,6,9H,3,5,7-8H2,1-2H3. The van der Waals surface area contributed by atoms with E-state index in [-0.39, 0.29) is 5.76 Å². The van der Waals surface area contributed by atoms with E-state index in [0.29, 0.717) is 30.8 Å². The second-order valence-electron chi connectivity index (χ2n) is 4.20. The van der Waals surface area contributed by atoms with Crippen LogP contribution in [0.1, 0.15) is 41.2 Å². The summed E-state index contributed by atoms with van der Waals surface area (Å²) < 4.78 is 15.4. The Labute approximate surface area is 111 Å². The van der Waals surface area contributed by atoms with Gasteiger partial charge in [-0.05, 0) is 18.6 Å². The third kappa shape index (κ3) is 3.24. The molecule has 0 saturated heterocycles. The molecule has 2 aromatic heterocycles. The van der Waals surface area contributed by atoms with E-state index < -0.39 is 5.97 Å². The molecule has 0 atom stereocenters. The number of hydrogen-bond acceptors (Lipinski definition) is 5. The van der Waals surface area contributed by atoms with Gasteiger partial charge in [0.05, 0.1) is 19.1 Å². The molecule has 2 rings (SSSR count). The molecule has 0 N–H and O–H groups in total. The number of aromatic nitrogens is 1. The summed E-state index contributed by atoms with van der Waals surface area (Å²) in [7, 11) is 1.34. The van der Waals surface area contributed by atoms with Gasteiger partial charge in [-0.3, -0.25) is 0 Å². The molecule has 5 nitrogen and oxygen atoms in total. The largest absolute Gasteiger partial charge is 0.469 e. The number of aryl methyl sites for hydroxylation is 3. The minimum Gasteiger partial charge on any atom is -0.469 e. The lowest BCUT2D eigenvalue weighted by molar-refractivity contribution is 0.0561. The molecule has 0 aliphatic carbocycles. The molecule has 19 heavy (non-hydrogen) atoms. The lowest BCUT2D eigenvalue weighted by atomic mass is 10.2. The van der Waals surface area contributed by atoms with Gasteiger partial charge in [0.25, 0.3) is 0 Å².